The summed E-state index contributed by atoms with van der Waals surface area (Å²) in [7, 11) is 1.55. The maximum atomic E-state index is 14.0. The van der Waals surface area contributed by atoms with Crippen LogP contribution in [0, 0.1) is 6.92 Å². The average Bonchev–Trinajstić information content (AvgIpc) is 3.53. The van der Waals surface area contributed by atoms with Crippen LogP contribution in [-0.4, -0.2) is 83.7 Å². The van der Waals surface area contributed by atoms with Crippen LogP contribution < -0.4 is 25.2 Å². The lowest BCUT2D eigenvalue weighted by Crippen LogP contribution is -2.55. The molecular weight excluding hydrogens is 643 g/mol. The van der Waals surface area contributed by atoms with Gasteiger partial charge in [-0.3, -0.25) is 9.59 Å². The fourth-order valence-corrected chi connectivity index (χ4v) is 6.62. The second kappa shape index (κ2) is 13.5. The first-order valence-electron chi connectivity index (χ1n) is 15.1. The number of hydrogen-bond acceptors (Lipinski definition) is 10. The third-order valence-corrected chi connectivity index (χ3v) is 9.43. The Balaban J connectivity index is 1.24. The van der Waals surface area contributed by atoms with E-state index in [1.165, 1.54) is 12.3 Å². The fraction of sp³-hybridized carbons (Fsp3) is 0.303. The molecule has 2 fully saturated rings. The number of amides is 2. The molecule has 1 aromatic carbocycles. The van der Waals surface area contributed by atoms with Gasteiger partial charge in [-0.15, -0.1) is 0 Å². The molecule has 244 valence electrons. The molecule has 0 spiro atoms. The van der Waals surface area contributed by atoms with Gasteiger partial charge in [0.15, 0.2) is 22.5 Å². The van der Waals surface area contributed by atoms with Crippen LogP contribution in [0.3, 0.4) is 0 Å². The Bertz CT molecular complexity index is 1810. The summed E-state index contributed by atoms with van der Waals surface area (Å²) in [5.41, 5.74) is 3.56. The van der Waals surface area contributed by atoms with Crippen molar-refractivity contribution in [2.24, 2.45) is 0 Å². The van der Waals surface area contributed by atoms with Gasteiger partial charge in [-0.25, -0.2) is 19.3 Å². The number of methoxy groups -OCH3 is 1. The van der Waals surface area contributed by atoms with Gasteiger partial charge < -0.3 is 30.1 Å². The van der Waals surface area contributed by atoms with Crippen LogP contribution >= 0.6 is 22.9 Å². The molecule has 4 aromatic rings. The van der Waals surface area contributed by atoms with E-state index in [1.807, 2.05) is 43.0 Å². The lowest BCUT2D eigenvalue weighted by atomic mass is 10.1. The van der Waals surface area contributed by atoms with E-state index >= 15 is 0 Å². The van der Waals surface area contributed by atoms with Crippen molar-refractivity contribution in [1.82, 2.24) is 19.9 Å². The van der Waals surface area contributed by atoms with Gasteiger partial charge in [-0.05, 0) is 49.8 Å². The summed E-state index contributed by atoms with van der Waals surface area (Å²) in [5, 5.41) is 6.95. The number of carbonyl (C=O) groups excluding carboxylic acids is 2. The quantitative estimate of drug-likeness (QED) is 0.208. The number of aryl methyl sites for hydroxylation is 1. The third-order valence-electron chi connectivity index (χ3n) is 8.20. The van der Waals surface area contributed by atoms with Crippen molar-refractivity contribution in [3.63, 3.8) is 0 Å². The van der Waals surface area contributed by atoms with Crippen LogP contribution in [0.15, 0.2) is 61.4 Å². The average molecular weight is 677 g/mol. The molecule has 14 heteroatoms. The van der Waals surface area contributed by atoms with Gasteiger partial charge in [0.1, 0.15) is 11.0 Å². The smallest absolute Gasteiger partial charge is 0.267 e. The highest BCUT2D eigenvalue weighted by molar-refractivity contribution is 7.17. The molecule has 2 amide bonds. The Morgan fingerprint density at radius 2 is 1.94 bits per heavy atom. The Labute approximate surface area is 281 Å². The molecule has 0 saturated carbocycles. The van der Waals surface area contributed by atoms with Gasteiger partial charge in [0, 0.05) is 37.4 Å². The SMILES string of the molecule is C=CC(=O)N1CCN(c2ncc(-c3ccc(OC)c(Nc4ncc(C(=O)Nc5c(C)cccc5Cl)s4)n3)cc2N2CC(F)C2)C[C@@H]1C. The second-order valence-corrected chi connectivity index (χ2v) is 12.8. The molecule has 6 rings (SSSR count). The molecule has 3 aromatic heterocycles. The van der Waals surface area contributed by atoms with E-state index in [2.05, 4.69) is 27.1 Å². The molecule has 2 aliphatic rings. The summed E-state index contributed by atoms with van der Waals surface area (Å²) in [5.74, 6) is 1.20. The lowest BCUT2D eigenvalue weighted by Gasteiger charge is -2.43. The molecule has 0 aliphatic carbocycles. The monoisotopic (exact) mass is 676 g/mol. The van der Waals surface area contributed by atoms with E-state index in [0.717, 1.165) is 34.0 Å². The largest absolute Gasteiger partial charge is 0.493 e. The number of thiazole rings is 1. The number of halogens is 2. The van der Waals surface area contributed by atoms with Gasteiger partial charge >= 0.3 is 0 Å². The van der Waals surface area contributed by atoms with Crippen molar-refractivity contribution in [2.45, 2.75) is 26.1 Å². The summed E-state index contributed by atoms with van der Waals surface area (Å²) in [6, 6.07) is 11.0. The topological polar surface area (TPSA) is 116 Å². The highest BCUT2D eigenvalue weighted by Gasteiger charge is 2.33. The predicted octanol–water partition coefficient (Wildman–Crippen LogP) is 5.95. The van der Waals surface area contributed by atoms with Crippen LogP contribution in [-0.2, 0) is 4.79 Å². The van der Waals surface area contributed by atoms with Gasteiger partial charge in [-0.1, -0.05) is 41.6 Å². The number of carbonyl (C=O) groups is 2. The number of hydrogen-bond donors (Lipinski definition) is 2. The minimum Gasteiger partial charge on any atom is -0.493 e. The summed E-state index contributed by atoms with van der Waals surface area (Å²) in [6.07, 6.45) is 3.67. The minimum absolute atomic E-state index is 0.0384. The molecule has 2 N–H and O–H groups in total. The number of nitrogens with zero attached hydrogens (tertiary/aromatic N) is 6. The number of benzene rings is 1. The molecule has 5 heterocycles. The summed E-state index contributed by atoms with van der Waals surface area (Å²) in [6.45, 7) is 9.76. The zero-order valence-electron chi connectivity index (χ0n) is 26.2. The summed E-state index contributed by atoms with van der Waals surface area (Å²) in [4.78, 5) is 45.6. The third kappa shape index (κ3) is 6.72. The van der Waals surface area contributed by atoms with Crippen LogP contribution in [0.5, 0.6) is 5.75 Å². The Kier molecular flexibility index (Phi) is 9.28. The molecule has 47 heavy (non-hydrogen) atoms. The van der Waals surface area contributed by atoms with Crippen LogP contribution in [0.1, 0.15) is 22.2 Å². The standard InChI is InChI=1S/C33H34ClFN8O3S/c1-5-28(44)43-12-11-41(16-20(43)3)31-25(42-17-22(35)18-42)13-21(14-36-31)24-9-10-26(46-4)30(38-24)40-33-37-15-27(47-33)32(45)39-29-19(2)7-6-8-23(29)34/h5-10,13-15,20,22H,1,11-12,16-18H2,2-4H3,(H,39,45)(H,37,38,40)/t20-/m0/s1. The van der Waals surface area contributed by atoms with E-state index in [4.69, 9.17) is 26.3 Å². The number of aromatic nitrogens is 3. The number of piperazine rings is 1. The van der Waals surface area contributed by atoms with E-state index in [0.29, 0.717) is 57.6 Å². The number of nitrogens with one attached hydrogen (secondary N) is 2. The van der Waals surface area contributed by atoms with E-state index in [-0.39, 0.29) is 30.9 Å². The van der Waals surface area contributed by atoms with Crippen molar-refractivity contribution < 1.29 is 18.7 Å². The number of ether oxygens (including phenoxy) is 1. The minimum atomic E-state index is -0.902. The predicted molar refractivity (Wildman–Crippen MR) is 184 cm³/mol. The van der Waals surface area contributed by atoms with Crippen molar-refractivity contribution >= 4 is 62.9 Å². The van der Waals surface area contributed by atoms with Crippen LogP contribution in [0.2, 0.25) is 5.02 Å². The Hall–Kier alpha value is -4.75. The molecule has 11 nitrogen and oxygen atoms in total. The van der Waals surface area contributed by atoms with Crippen LogP contribution in [0.4, 0.5) is 32.5 Å². The molecule has 0 unspecified atom stereocenters. The maximum Gasteiger partial charge on any atom is 0.267 e. The zero-order valence-corrected chi connectivity index (χ0v) is 27.7. The number of alkyl halides is 1. The second-order valence-electron chi connectivity index (χ2n) is 11.4. The van der Waals surface area contributed by atoms with Gasteiger partial charge in [0.05, 0.1) is 48.5 Å². The molecule has 2 saturated heterocycles. The van der Waals surface area contributed by atoms with Crippen LogP contribution in [0.25, 0.3) is 11.3 Å². The molecule has 2 aliphatic heterocycles. The normalized spacial score (nSPS) is 16.4. The van der Waals surface area contributed by atoms with E-state index < -0.39 is 6.17 Å². The maximum absolute atomic E-state index is 14.0. The Morgan fingerprint density at radius 1 is 1.13 bits per heavy atom. The van der Waals surface area contributed by atoms with E-state index in [1.54, 1.807) is 30.3 Å². The van der Waals surface area contributed by atoms with Gasteiger partial charge in [-0.2, -0.15) is 0 Å². The van der Waals surface area contributed by atoms with Crippen molar-refractivity contribution in [2.75, 3.05) is 60.3 Å². The van der Waals surface area contributed by atoms with Gasteiger partial charge in [0.2, 0.25) is 5.91 Å². The molecule has 0 radical (unpaired) electrons. The Morgan fingerprint density at radius 3 is 2.64 bits per heavy atom. The number of anilines is 5. The van der Waals surface area contributed by atoms with Gasteiger partial charge in [0.25, 0.3) is 5.91 Å². The van der Waals surface area contributed by atoms with Crippen molar-refractivity contribution in [3.05, 3.63) is 76.9 Å². The molecular formula is C33H34ClFN8O3S. The fourth-order valence-electron chi connectivity index (χ4n) is 5.64. The highest BCUT2D eigenvalue weighted by Crippen LogP contribution is 2.37. The molecule has 0 bridgehead atoms. The van der Waals surface area contributed by atoms with E-state index in [9.17, 15) is 14.0 Å². The number of rotatable bonds is 9. The first-order chi connectivity index (χ1) is 22.6. The first-order valence-corrected chi connectivity index (χ1v) is 16.3. The summed E-state index contributed by atoms with van der Waals surface area (Å²) >= 11 is 7.45. The highest BCUT2D eigenvalue weighted by atomic mass is 35.5. The number of pyridine rings is 2. The summed E-state index contributed by atoms with van der Waals surface area (Å²) < 4.78 is 19.6. The molecule has 1 atom stereocenters. The first kappa shape index (κ1) is 32.2. The van der Waals surface area contributed by atoms with Crippen molar-refractivity contribution in [1.29, 1.82) is 0 Å². The van der Waals surface area contributed by atoms with Crippen molar-refractivity contribution in [3.8, 4) is 17.0 Å². The lowest BCUT2D eigenvalue weighted by molar-refractivity contribution is -0.128. The zero-order chi connectivity index (χ0) is 33.2. The number of para-hydroxylation sites is 1.